The Morgan fingerprint density at radius 1 is 1.58 bits per heavy atom. The van der Waals surface area contributed by atoms with Crippen molar-refractivity contribution in [1.29, 1.82) is 0 Å². The molecule has 0 spiro atoms. The molecule has 1 aromatic heterocycles. The largest absolute Gasteiger partial charge is 0.354 e. The van der Waals surface area contributed by atoms with Crippen molar-refractivity contribution in [2.45, 2.75) is 59.2 Å². The molecule has 2 N–H and O–H groups in total. The number of nitrogens with zero attached hydrogens (tertiary/aromatic N) is 2. The minimum Gasteiger partial charge on any atom is -0.354 e. The van der Waals surface area contributed by atoms with Crippen molar-refractivity contribution < 1.29 is 4.79 Å². The van der Waals surface area contributed by atoms with Gasteiger partial charge in [0.1, 0.15) is 5.82 Å². The molecular weight excluding hydrogens is 240 g/mol. The van der Waals surface area contributed by atoms with Crippen LogP contribution in [0.3, 0.4) is 0 Å². The van der Waals surface area contributed by atoms with E-state index in [-0.39, 0.29) is 11.9 Å². The Morgan fingerprint density at radius 2 is 2.37 bits per heavy atom. The molecule has 1 aliphatic heterocycles. The predicted octanol–water partition coefficient (Wildman–Crippen LogP) is 1.14. The fourth-order valence-electron chi connectivity index (χ4n) is 2.46. The van der Waals surface area contributed by atoms with E-state index in [1.54, 1.807) is 0 Å². The Kier molecular flexibility index (Phi) is 4.58. The minimum absolute atomic E-state index is 0.130. The first-order valence-corrected chi connectivity index (χ1v) is 7.16. The number of fused-ring (bicyclic) bond motifs is 1. The van der Waals surface area contributed by atoms with E-state index in [2.05, 4.69) is 27.1 Å². The lowest BCUT2D eigenvalue weighted by molar-refractivity contribution is -0.121. The van der Waals surface area contributed by atoms with E-state index in [1.807, 2.05) is 13.8 Å². The third-order valence-corrected chi connectivity index (χ3v) is 3.76. The fourth-order valence-corrected chi connectivity index (χ4v) is 2.46. The number of carbonyl (C=O) groups excluding carboxylic acids is 1. The van der Waals surface area contributed by atoms with Gasteiger partial charge in [0.2, 0.25) is 5.91 Å². The van der Waals surface area contributed by atoms with Gasteiger partial charge in [-0.2, -0.15) is 0 Å². The van der Waals surface area contributed by atoms with E-state index in [9.17, 15) is 4.79 Å². The van der Waals surface area contributed by atoms with Gasteiger partial charge in [-0.3, -0.25) is 4.79 Å². The van der Waals surface area contributed by atoms with Crippen molar-refractivity contribution in [3.63, 3.8) is 0 Å². The van der Waals surface area contributed by atoms with Crippen LogP contribution in [-0.4, -0.2) is 28.0 Å². The predicted molar refractivity (Wildman–Crippen MR) is 74.9 cm³/mol. The molecule has 5 nitrogen and oxygen atoms in total. The van der Waals surface area contributed by atoms with E-state index in [0.717, 1.165) is 44.0 Å². The average molecular weight is 264 g/mol. The highest BCUT2D eigenvalue weighted by atomic mass is 16.1. The molecule has 0 bridgehead atoms. The molecule has 106 valence electrons. The lowest BCUT2D eigenvalue weighted by Gasteiger charge is -2.16. The molecule has 1 amide bonds. The van der Waals surface area contributed by atoms with E-state index >= 15 is 0 Å². The first-order chi connectivity index (χ1) is 9.11. The first kappa shape index (κ1) is 14.1. The molecule has 19 heavy (non-hydrogen) atoms. The number of nitrogens with one attached hydrogen (secondary N) is 2. The molecule has 0 fully saturated rings. The second-order valence-electron chi connectivity index (χ2n) is 5.26. The number of imidazole rings is 1. The van der Waals surface area contributed by atoms with Crippen LogP contribution in [0.5, 0.6) is 0 Å². The molecule has 0 aliphatic carbocycles. The highest BCUT2D eigenvalue weighted by molar-refractivity contribution is 5.76. The quantitative estimate of drug-likeness (QED) is 0.838. The van der Waals surface area contributed by atoms with Crippen LogP contribution in [-0.2, 0) is 24.3 Å². The number of aryl methyl sites for hydroxylation is 1. The van der Waals surface area contributed by atoms with Crippen LogP contribution in [0.25, 0.3) is 0 Å². The van der Waals surface area contributed by atoms with Crippen LogP contribution in [0.1, 0.15) is 43.9 Å². The molecule has 1 atom stereocenters. The zero-order chi connectivity index (χ0) is 13.8. The molecule has 5 heteroatoms. The summed E-state index contributed by atoms with van der Waals surface area (Å²) in [7, 11) is 0. The number of hydrogen-bond donors (Lipinski definition) is 2. The van der Waals surface area contributed by atoms with Gasteiger partial charge in [0.05, 0.1) is 5.69 Å². The van der Waals surface area contributed by atoms with Crippen LogP contribution in [0.2, 0.25) is 0 Å². The van der Waals surface area contributed by atoms with Crippen molar-refractivity contribution in [3.8, 4) is 0 Å². The van der Waals surface area contributed by atoms with Crippen LogP contribution in [0, 0.1) is 6.92 Å². The van der Waals surface area contributed by atoms with Crippen LogP contribution < -0.4 is 10.6 Å². The van der Waals surface area contributed by atoms with Crippen molar-refractivity contribution in [3.05, 3.63) is 17.2 Å². The van der Waals surface area contributed by atoms with Gasteiger partial charge < -0.3 is 15.2 Å². The molecule has 0 saturated carbocycles. The van der Waals surface area contributed by atoms with Crippen LogP contribution >= 0.6 is 0 Å². The SMILES string of the molecule is CCC(C)NC(=O)CCn1c(C)nc2c1CCNC2. The van der Waals surface area contributed by atoms with Crippen LogP contribution in [0.4, 0.5) is 0 Å². The summed E-state index contributed by atoms with van der Waals surface area (Å²) in [5.74, 6) is 1.15. The van der Waals surface area contributed by atoms with Crippen LogP contribution in [0.15, 0.2) is 0 Å². The number of amides is 1. The van der Waals surface area contributed by atoms with E-state index in [0.29, 0.717) is 6.42 Å². The maximum Gasteiger partial charge on any atom is 0.221 e. The zero-order valence-electron chi connectivity index (χ0n) is 12.1. The summed E-state index contributed by atoms with van der Waals surface area (Å²) in [6.45, 7) is 8.71. The van der Waals surface area contributed by atoms with Gasteiger partial charge in [0.15, 0.2) is 0 Å². The third-order valence-electron chi connectivity index (χ3n) is 3.76. The molecule has 1 unspecified atom stereocenters. The third kappa shape index (κ3) is 3.35. The van der Waals surface area contributed by atoms with E-state index < -0.39 is 0 Å². The molecule has 1 aromatic rings. The summed E-state index contributed by atoms with van der Waals surface area (Å²) in [5.41, 5.74) is 2.44. The van der Waals surface area contributed by atoms with Crippen molar-refractivity contribution in [2.75, 3.05) is 6.54 Å². The van der Waals surface area contributed by atoms with Gasteiger partial charge in [-0.15, -0.1) is 0 Å². The molecule has 2 heterocycles. The van der Waals surface area contributed by atoms with E-state index in [1.165, 1.54) is 5.69 Å². The summed E-state index contributed by atoms with van der Waals surface area (Å²) in [4.78, 5) is 16.4. The first-order valence-electron chi connectivity index (χ1n) is 7.16. The normalized spacial score (nSPS) is 15.9. The number of carbonyl (C=O) groups is 1. The van der Waals surface area contributed by atoms with Gasteiger partial charge in [-0.05, 0) is 20.3 Å². The minimum atomic E-state index is 0.130. The zero-order valence-corrected chi connectivity index (χ0v) is 12.1. The van der Waals surface area contributed by atoms with Crippen molar-refractivity contribution in [1.82, 2.24) is 20.2 Å². The van der Waals surface area contributed by atoms with Gasteiger partial charge in [0, 0.05) is 44.2 Å². The fraction of sp³-hybridized carbons (Fsp3) is 0.714. The summed E-state index contributed by atoms with van der Waals surface area (Å²) in [6, 6.07) is 0.259. The Balaban J connectivity index is 1.96. The monoisotopic (exact) mass is 264 g/mol. The number of hydrogen-bond acceptors (Lipinski definition) is 3. The standard InChI is InChI=1S/C14H24N4O/c1-4-10(2)16-14(19)6-8-18-11(3)17-12-9-15-7-5-13(12)18/h10,15H,4-9H2,1-3H3,(H,16,19). The lowest BCUT2D eigenvalue weighted by atomic mass is 10.2. The summed E-state index contributed by atoms with van der Waals surface area (Å²) < 4.78 is 2.20. The average Bonchev–Trinajstić information content (AvgIpc) is 2.71. The molecule has 1 aliphatic rings. The number of rotatable bonds is 5. The summed E-state index contributed by atoms with van der Waals surface area (Å²) in [5, 5.41) is 6.33. The lowest BCUT2D eigenvalue weighted by Crippen LogP contribution is -2.32. The smallest absolute Gasteiger partial charge is 0.221 e. The molecular formula is C14H24N4O. The second-order valence-corrected chi connectivity index (χ2v) is 5.26. The summed E-state index contributed by atoms with van der Waals surface area (Å²) in [6.07, 6.45) is 2.50. The van der Waals surface area contributed by atoms with Gasteiger partial charge >= 0.3 is 0 Å². The van der Waals surface area contributed by atoms with Crippen molar-refractivity contribution >= 4 is 5.91 Å². The van der Waals surface area contributed by atoms with Gasteiger partial charge in [-0.25, -0.2) is 4.98 Å². The van der Waals surface area contributed by atoms with Gasteiger partial charge in [0.25, 0.3) is 0 Å². The Bertz CT molecular complexity index is 453. The molecule has 0 aromatic carbocycles. The van der Waals surface area contributed by atoms with Gasteiger partial charge in [-0.1, -0.05) is 6.92 Å². The Hall–Kier alpha value is -1.36. The van der Waals surface area contributed by atoms with Crippen molar-refractivity contribution in [2.24, 2.45) is 0 Å². The maximum atomic E-state index is 11.8. The van der Waals surface area contributed by atoms with E-state index in [4.69, 9.17) is 0 Å². The Morgan fingerprint density at radius 3 is 3.11 bits per heavy atom. The maximum absolute atomic E-state index is 11.8. The number of aromatic nitrogens is 2. The Labute approximate surface area is 114 Å². The molecule has 0 saturated heterocycles. The molecule has 0 radical (unpaired) electrons. The molecule has 2 rings (SSSR count). The summed E-state index contributed by atoms with van der Waals surface area (Å²) >= 11 is 0. The topological polar surface area (TPSA) is 59.0 Å². The second kappa shape index (κ2) is 6.19. The highest BCUT2D eigenvalue weighted by Gasteiger charge is 2.18. The highest BCUT2D eigenvalue weighted by Crippen LogP contribution is 2.16.